The number of methoxy groups -OCH3 is 1. The van der Waals surface area contributed by atoms with E-state index in [-0.39, 0.29) is 0 Å². The molecule has 4 rings (SSSR count). The van der Waals surface area contributed by atoms with Crippen LogP contribution in [-0.4, -0.2) is 32.2 Å². The van der Waals surface area contributed by atoms with Crippen LogP contribution >= 0.6 is 11.6 Å². The Kier molecular flexibility index (Phi) is 4.37. The molecule has 0 amide bonds. The average molecular weight is 382 g/mol. The fourth-order valence-electron chi connectivity index (χ4n) is 2.72. The zero-order valence-corrected chi connectivity index (χ0v) is 15.7. The second-order valence-electron chi connectivity index (χ2n) is 6.04. The van der Waals surface area contributed by atoms with E-state index in [0.717, 1.165) is 16.8 Å². The third-order valence-electron chi connectivity index (χ3n) is 4.20. The van der Waals surface area contributed by atoms with Crippen molar-refractivity contribution in [1.82, 2.24) is 25.1 Å². The van der Waals surface area contributed by atoms with Crippen LogP contribution in [0.5, 0.6) is 5.75 Å². The van der Waals surface area contributed by atoms with Crippen molar-refractivity contribution in [1.29, 1.82) is 0 Å². The number of aromatic nitrogens is 5. The van der Waals surface area contributed by atoms with E-state index < -0.39 is 0 Å². The Morgan fingerprint density at radius 3 is 2.59 bits per heavy atom. The summed E-state index contributed by atoms with van der Waals surface area (Å²) in [6.07, 6.45) is 0. The van der Waals surface area contributed by atoms with Crippen molar-refractivity contribution in [2.45, 2.75) is 13.8 Å². The third-order valence-corrected chi connectivity index (χ3v) is 4.44. The van der Waals surface area contributed by atoms with Gasteiger partial charge in [0.2, 0.25) is 5.82 Å². The molecule has 27 heavy (non-hydrogen) atoms. The number of hydrogen-bond acceptors (Lipinski definition) is 6. The van der Waals surface area contributed by atoms with Crippen molar-refractivity contribution in [3.63, 3.8) is 0 Å². The van der Waals surface area contributed by atoms with Crippen molar-refractivity contribution in [2.75, 3.05) is 7.11 Å². The lowest BCUT2D eigenvalue weighted by Crippen LogP contribution is -2.02. The normalized spacial score (nSPS) is 11.0. The molecule has 0 bridgehead atoms. The van der Waals surface area contributed by atoms with Crippen LogP contribution in [0.25, 0.3) is 28.7 Å². The maximum Gasteiger partial charge on any atom is 0.280 e. The van der Waals surface area contributed by atoms with Crippen molar-refractivity contribution in [3.8, 4) is 34.4 Å². The Morgan fingerprint density at radius 1 is 1.07 bits per heavy atom. The number of hydrogen-bond donors (Lipinski definition) is 0. The van der Waals surface area contributed by atoms with E-state index in [1.54, 1.807) is 30.0 Å². The minimum atomic E-state index is 0.301. The topological polar surface area (TPSA) is 78.9 Å². The molecule has 136 valence electrons. The molecule has 2 aromatic carbocycles. The van der Waals surface area contributed by atoms with Crippen molar-refractivity contribution < 1.29 is 9.26 Å². The number of halogens is 1. The highest BCUT2D eigenvalue weighted by Gasteiger charge is 2.20. The second-order valence-corrected chi connectivity index (χ2v) is 6.48. The van der Waals surface area contributed by atoms with Crippen molar-refractivity contribution in [3.05, 3.63) is 58.7 Å². The van der Waals surface area contributed by atoms with Gasteiger partial charge in [0.15, 0.2) is 5.69 Å². The SMILES string of the molecule is COc1ccc(Cl)cc1-n1nnc(-c2nc(-c3ccc(C)cc3)no2)c1C. The highest BCUT2D eigenvalue weighted by atomic mass is 35.5. The van der Waals surface area contributed by atoms with Gasteiger partial charge in [0.05, 0.1) is 12.8 Å². The lowest BCUT2D eigenvalue weighted by molar-refractivity contribution is 0.411. The van der Waals surface area contributed by atoms with E-state index in [1.807, 2.05) is 38.1 Å². The van der Waals surface area contributed by atoms with E-state index >= 15 is 0 Å². The summed E-state index contributed by atoms with van der Waals surface area (Å²) >= 11 is 6.12. The van der Waals surface area contributed by atoms with Crippen molar-refractivity contribution in [2.24, 2.45) is 0 Å². The fourth-order valence-corrected chi connectivity index (χ4v) is 2.89. The lowest BCUT2D eigenvalue weighted by atomic mass is 10.1. The zero-order chi connectivity index (χ0) is 19.0. The number of ether oxygens (including phenoxy) is 1. The first-order valence-electron chi connectivity index (χ1n) is 8.24. The lowest BCUT2D eigenvalue weighted by Gasteiger charge is -2.09. The molecule has 0 aliphatic carbocycles. The minimum Gasteiger partial charge on any atom is -0.494 e. The van der Waals surface area contributed by atoms with Gasteiger partial charge in [-0.05, 0) is 32.0 Å². The summed E-state index contributed by atoms with van der Waals surface area (Å²) in [5, 5.41) is 13.0. The van der Waals surface area contributed by atoms with Gasteiger partial charge in [0, 0.05) is 10.6 Å². The largest absolute Gasteiger partial charge is 0.494 e. The van der Waals surface area contributed by atoms with Crippen LogP contribution < -0.4 is 4.74 Å². The summed E-state index contributed by atoms with van der Waals surface area (Å²) in [5.74, 6) is 1.43. The summed E-state index contributed by atoms with van der Waals surface area (Å²) < 4.78 is 12.4. The van der Waals surface area contributed by atoms with Gasteiger partial charge in [-0.15, -0.1) is 5.10 Å². The molecule has 0 aliphatic heterocycles. The fraction of sp³-hybridized carbons (Fsp3) is 0.158. The van der Waals surface area contributed by atoms with E-state index in [0.29, 0.717) is 33.9 Å². The van der Waals surface area contributed by atoms with Crippen molar-refractivity contribution >= 4 is 11.6 Å². The van der Waals surface area contributed by atoms with Gasteiger partial charge in [-0.1, -0.05) is 51.8 Å². The standard InChI is InChI=1S/C19H16ClN5O2/c1-11-4-6-13(7-5-11)18-21-19(27-23-18)17-12(2)25(24-22-17)15-10-14(20)8-9-16(15)26-3/h4-10H,1-3H3. The first-order valence-corrected chi connectivity index (χ1v) is 8.62. The molecule has 0 saturated carbocycles. The summed E-state index contributed by atoms with van der Waals surface area (Å²) in [4.78, 5) is 4.46. The van der Waals surface area contributed by atoms with Crippen LogP contribution in [0.3, 0.4) is 0 Å². The predicted octanol–water partition coefficient (Wildman–Crippen LogP) is 4.26. The second kappa shape index (κ2) is 6.85. The average Bonchev–Trinajstić information content (AvgIpc) is 3.29. The van der Waals surface area contributed by atoms with Crippen LogP contribution in [0.15, 0.2) is 47.0 Å². The number of aryl methyl sites for hydroxylation is 1. The molecule has 0 aliphatic rings. The Labute approximate surface area is 160 Å². The summed E-state index contributed by atoms with van der Waals surface area (Å²) in [5.41, 5.74) is 3.95. The summed E-state index contributed by atoms with van der Waals surface area (Å²) in [7, 11) is 1.59. The number of nitrogens with zero attached hydrogens (tertiary/aromatic N) is 5. The van der Waals surface area contributed by atoms with E-state index in [1.165, 1.54) is 0 Å². The van der Waals surface area contributed by atoms with Gasteiger partial charge in [0.1, 0.15) is 11.4 Å². The Bertz CT molecular complexity index is 1100. The first-order chi connectivity index (χ1) is 13.1. The molecular weight excluding hydrogens is 366 g/mol. The van der Waals surface area contributed by atoms with Crippen LogP contribution in [0, 0.1) is 13.8 Å². The van der Waals surface area contributed by atoms with E-state index in [4.69, 9.17) is 20.9 Å². The molecule has 4 aromatic rings. The molecule has 0 atom stereocenters. The van der Waals surface area contributed by atoms with Crippen LogP contribution in [-0.2, 0) is 0 Å². The highest BCUT2D eigenvalue weighted by Crippen LogP contribution is 2.29. The first kappa shape index (κ1) is 17.2. The molecule has 0 spiro atoms. The van der Waals surface area contributed by atoms with Crippen LogP contribution in [0.2, 0.25) is 5.02 Å². The smallest absolute Gasteiger partial charge is 0.280 e. The van der Waals surface area contributed by atoms with Gasteiger partial charge in [0.25, 0.3) is 5.89 Å². The highest BCUT2D eigenvalue weighted by molar-refractivity contribution is 6.30. The maximum absolute atomic E-state index is 6.12. The molecular formula is C19H16ClN5O2. The molecule has 7 nitrogen and oxygen atoms in total. The zero-order valence-electron chi connectivity index (χ0n) is 15.0. The van der Waals surface area contributed by atoms with Gasteiger partial charge in [-0.2, -0.15) is 4.98 Å². The molecule has 0 N–H and O–H groups in total. The predicted molar refractivity (Wildman–Crippen MR) is 101 cm³/mol. The van der Waals surface area contributed by atoms with E-state index in [2.05, 4.69) is 20.5 Å². The molecule has 2 aromatic heterocycles. The minimum absolute atomic E-state index is 0.301. The molecule has 0 saturated heterocycles. The quantitative estimate of drug-likeness (QED) is 0.525. The monoisotopic (exact) mass is 381 g/mol. The summed E-state index contributed by atoms with van der Waals surface area (Å²) in [6, 6.07) is 13.2. The Morgan fingerprint density at radius 2 is 1.85 bits per heavy atom. The van der Waals surface area contributed by atoms with Crippen LogP contribution in [0.1, 0.15) is 11.3 Å². The Hall–Kier alpha value is -3.19. The van der Waals surface area contributed by atoms with E-state index in [9.17, 15) is 0 Å². The number of rotatable bonds is 4. The van der Waals surface area contributed by atoms with Gasteiger partial charge < -0.3 is 9.26 Å². The van der Waals surface area contributed by atoms with Gasteiger partial charge >= 0.3 is 0 Å². The number of benzene rings is 2. The molecule has 8 heteroatoms. The molecule has 0 radical (unpaired) electrons. The molecule has 0 unspecified atom stereocenters. The van der Waals surface area contributed by atoms with Gasteiger partial charge in [-0.3, -0.25) is 0 Å². The molecule has 0 fully saturated rings. The summed E-state index contributed by atoms with van der Waals surface area (Å²) in [6.45, 7) is 3.89. The Balaban J connectivity index is 1.73. The maximum atomic E-state index is 6.12. The third kappa shape index (κ3) is 3.17. The van der Waals surface area contributed by atoms with Crippen LogP contribution in [0.4, 0.5) is 0 Å². The van der Waals surface area contributed by atoms with Gasteiger partial charge in [-0.25, -0.2) is 4.68 Å². The molecule has 2 heterocycles.